The molecule has 2 aliphatic heterocycles. The topological polar surface area (TPSA) is 99.0 Å². The van der Waals surface area contributed by atoms with Gasteiger partial charge in [0.25, 0.3) is 5.91 Å². The normalized spacial score (nSPS) is 20.6. The van der Waals surface area contributed by atoms with E-state index in [1.54, 1.807) is 18.5 Å². The summed E-state index contributed by atoms with van der Waals surface area (Å²) < 4.78 is 0. The van der Waals surface area contributed by atoms with E-state index in [4.69, 9.17) is 4.99 Å². The Balaban J connectivity index is 1.47. The van der Waals surface area contributed by atoms with Crippen molar-refractivity contribution in [2.24, 2.45) is 15.9 Å². The fraction of sp³-hybridized carbons (Fsp3) is 0.320. The van der Waals surface area contributed by atoms with Crippen LogP contribution in [0.15, 0.2) is 57.7 Å². The molecule has 0 saturated heterocycles. The van der Waals surface area contributed by atoms with E-state index in [0.717, 1.165) is 35.4 Å². The highest BCUT2D eigenvalue weighted by Crippen LogP contribution is 2.33. The predicted molar refractivity (Wildman–Crippen MR) is 127 cm³/mol. The van der Waals surface area contributed by atoms with Crippen LogP contribution in [0.2, 0.25) is 0 Å². The summed E-state index contributed by atoms with van der Waals surface area (Å²) in [6, 6.07) is 11.3. The molecule has 1 aliphatic carbocycles. The van der Waals surface area contributed by atoms with Gasteiger partial charge in [-0.25, -0.2) is 9.98 Å². The molecule has 5 rings (SSSR count). The zero-order valence-corrected chi connectivity index (χ0v) is 18.9. The van der Waals surface area contributed by atoms with Crippen LogP contribution in [0.5, 0.6) is 0 Å². The second-order valence-corrected chi connectivity index (χ2v) is 8.79. The molecule has 168 valence electrons. The first-order chi connectivity index (χ1) is 15.9. The van der Waals surface area contributed by atoms with Crippen molar-refractivity contribution < 1.29 is 9.59 Å². The van der Waals surface area contributed by atoms with Crippen LogP contribution in [0, 0.1) is 19.8 Å². The van der Waals surface area contributed by atoms with E-state index >= 15 is 0 Å². The molecule has 33 heavy (non-hydrogen) atoms. The highest BCUT2D eigenvalue weighted by molar-refractivity contribution is 6.08. The molecule has 2 N–H and O–H groups in total. The number of aliphatic imine (C=N–C) groups is 2. The molecular formula is C25H26N6O2. The number of hydrazine groups is 1. The lowest BCUT2D eigenvalue weighted by molar-refractivity contribution is 0.0922. The number of fused-ring (bicyclic) bond motifs is 1. The van der Waals surface area contributed by atoms with Gasteiger partial charge in [0.15, 0.2) is 11.6 Å². The first kappa shape index (κ1) is 21.1. The van der Waals surface area contributed by atoms with E-state index in [-0.39, 0.29) is 17.6 Å². The van der Waals surface area contributed by atoms with Gasteiger partial charge in [-0.1, -0.05) is 12.1 Å². The molecule has 1 aromatic heterocycles. The average Bonchev–Trinajstić information content (AvgIpc) is 3.55. The van der Waals surface area contributed by atoms with Crippen LogP contribution >= 0.6 is 0 Å². The number of rotatable bonds is 5. The highest BCUT2D eigenvalue weighted by Gasteiger charge is 2.38. The molecule has 2 aromatic rings. The molecule has 1 amide bonds. The largest absolute Gasteiger partial charge is 0.349 e. The molecule has 3 heterocycles. The minimum Gasteiger partial charge on any atom is -0.349 e. The third kappa shape index (κ3) is 4.16. The van der Waals surface area contributed by atoms with E-state index in [1.165, 1.54) is 0 Å². The van der Waals surface area contributed by atoms with E-state index in [9.17, 15) is 9.59 Å². The summed E-state index contributed by atoms with van der Waals surface area (Å²) in [6.07, 6.45) is 3.65. The maximum atomic E-state index is 13.2. The van der Waals surface area contributed by atoms with Crippen molar-refractivity contribution in [3.05, 3.63) is 70.2 Å². The van der Waals surface area contributed by atoms with Gasteiger partial charge in [0.1, 0.15) is 17.7 Å². The van der Waals surface area contributed by atoms with Gasteiger partial charge < -0.3 is 5.32 Å². The summed E-state index contributed by atoms with van der Waals surface area (Å²) >= 11 is 0. The van der Waals surface area contributed by atoms with Gasteiger partial charge in [0.05, 0.1) is 18.2 Å². The Labute approximate surface area is 192 Å². The fourth-order valence-corrected chi connectivity index (χ4v) is 4.13. The van der Waals surface area contributed by atoms with Crippen molar-refractivity contribution in [1.29, 1.82) is 0 Å². The molecule has 0 spiro atoms. The molecule has 8 nitrogen and oxygen atoms in total. The van der Waals surface area contributed by atoms with E-state index in [0.29, 0.717) is 35.4 Å². The van der Waals surface area contributed by atoms with Crippen molar-refractivity contribution >= 4 is 29.6 Å². The molecule has 1 atom stereocenters. The quantitative estimate of drug-likeness (QED) is 0.693. The third-order valence-corrected chi connectivity index (χ3v) is 6.21. The van der Waals surface area contributed by atoms with Gasteiger partial charge >= 0.3 is 0 Å². The number of hydrogen-bond donors (Lipinski definition) is 2. The molecule has 1 unspecified atom stereocenters. The van der Waals surface area contributed by atoms with Gasteiger partial charge in [0, 0.05) is 17.3 Å². The lowest BCUT2D eigenvalue weighted by Crippen LogP contribution is -2.41. The molecule has 1 aromatic carbocycles. The summed E-state index contributed by atoms with van der Waals surface area (Å²) in [5.74, 6) is 0.0724. The number of aromatic nitrogens is 1. The van der Waals surface area contributed by atoms with Gasteiger partial charge in [-0.15, -0.1) is 0 Å². The summed E-state index contributed by atoms with van der Waals surface area (Å²) in [5, 5.41) is 4.92. The van der Waals surface area contributed by atoms with E-state index in [1.807, 2.05) is 50.0 Å². The van der Waals surface area contributed by atoms with Crippen LogP contribution in [-0.4, -0.2) is 46.4 Å². The number of carbonyl (C=O) groups is 2. The summed E-state index contributed by atoms with van der Waals surface area (Å²) in [6.45, 7) is 6.25. The van der Waals surface area contributed by atoms with Crippen LogP contribution in [0.3, 0.4) is 0 Å². The van der Waals surface area contributed by atoms with Crippen LogP contribution < -0.4 is 10.7 Å². The number of Topliss-reactive ketones (excluding diaryl/α,β-unsaturated/α-hetero) is 1. The Morgan fingerprint density at radius 3 is 2.73 bits per heavy atom. The Morgan fingerprint density at radius 2 is 1.97 bits per heavy atom. The smallest absolute Gasteiger partial charge is 0.251 e. The Kier molecular flexibility index (Phi) is 5.28. The second kappa shape index (κ2) is 8.27. The molecule has 3 aliphatic rings. The monoisotopic (exact) mass is 442 g/mol. The zero-order valence-electron chi connectivity index (χ0n) is 18.9. The maximum Gasteiger partial charge on any atom is 0.251 e. The SMILES string of the molecule is CC1=C2C(=Nc3cc(C(=O)NC4CC4)ccc3C)N=CNN2CC1C(=O)c1cccc(C)n1. The van der Waals surface area contributed by atoms with Crippen molar-refractivity contribution in [1.82, 2.24) is 20.7 Å². The predicted octanol–water partition coefficient (Wildman–Crippen LogP) is 3.26. The van der Waals surface area contributed by atoms with Crippen molar-refractivity contribution in [2.75, 3.05) is 6.54 Å². The van der Waals surface area contributed by atoms with Crippen molar-refractivity contribution in [3.8, 4) is 0 Å². The number of amidine groups is 1. The molecule has 0 radical (unpaired) electrons. The number of nitrogens with one attached hydrogen (secondary N) is 2. The van der Waals surface area contributed by atoms with E-state index < -0.39 is 0 Å². The first-order valence-corrected chi connectivity index (χ1v) is 11.2. The fourth-order valence-electron chi connectivity index (χ4n) is 4.13. The Bertz CT molecular complexity index is 1240. The van der Waals surface area contributed by atoms with Gasteiger partial charge in [-0.2, -0.15) is 0 Å². The highest BCUT2D eigenvalue weighted by atomic mass is 16.1. The number of benzene rings is 1. The average molecular weight is 443 g/mol. The van der Waals surface area contributed by atoms with Crippen LogP contribution in [-0.2, 0) is 0 Å². The number of aryl methyl sites for hydroxylation is 2. The Morgan fingerprint density at radius 1 is 1.15 bits per heavy atom. The second-order valence-electron chi connectivity index (χ2n) is 8.79. The molecule has 0 bridgehead atoms. The van der Waals surface area contributed by atoms with Crippen LogP contribution in [0.1, 0.15) is 51.9 Å². The lowest BCUT2D eigenvalue weighted by atomic mass is 9.95. The molecule has 1 fully saturated rings. The molecule has 1 saturated carbocycles. The number of pyridine rings is 1. The summed E-state index contributed by atoms with van der Waals surface area (Å²) in [4.78, 5) is 39.4. The Hall–Kier alpha value is -3.81. The number of amides is 1. The van der Waals surface area contributed by atoms with Crippen molar-refractivity contribution in [3.63, 3.8) is 0 Å². The minimum absolute atomic E-state index is 0.0193. The number of ketones is 1. The minimum atomic E-state index is -0.342. The number of carbonyl (C=O) groups excluding carboxylic acids is 2. The summed E-state index contributed by atoms with van der Waals surface area (Å²) in [7, 11) is 0. The first-order valence-electron chi connectivity index (χ1n) is 11.2. The summed E-state index contributed by atoms with van der Waals surface area (Å²) in [5.41, 5.74) is 8.28. The lowest BCUT2D eigenvalue weighted by Gasteiger charge is -2.25. The van der Waals surface area contributed by atoms with Crippen LogP contribution in [0.4, 0.5) is 5.69 Å². The van der Waals surface area contributed by atoms with Crippen molar-refractivity contribution in [2.45, 2.75) is 39.7 Å². The molecule has 8 heteroatoms. The van der Waals surface area contributed by atoms with Gasteiger partial charge in [0.2, 0.25) is 0 Å². The number of nitrogens with zero attached hydrogens (tertiary/aromatic N) is 4. The standard InChI is InChI=1S/C25H26N6O2/c1-14-7-8-17(25(33)29-18-9-10-18)11-21(14)30-24-22-16(3)19(12-31(22)27-13-26-24)23(32)20-6-4-5-15(2)28-20/h4-8,11,13,18-19H,9-10,12H2,1-3H3,(H,29,33)(H,26,27,30). The van der Waals surface area contributed by atoms with Gasteiger partial charge in [-0.05, 0) is 69.0 Å². The number of hydrogen-bond acceptors (Lipinski definition) is 6. The third-order valence-electron chi connectivity index (χ3n) is 6.21. The van der Waals surface area contributed by atoms with E-state index in [2.05, 4.69) is 20.7 Å². The maximum absolute atomic E-state index is 13.2. The zero-order chi connectivity index (χ0) is 23.1. The van der Waals surface area contributed by atoms with Crippen LogP contribution in [0.25, 0.3) is 0 Å². The molecular weight excluding hydrogens is 416 g/mol. The van der Waals surface area contributed by atoms with Gasteiger partial charge in [-0.3, -0.25) is 25.0 Å².